The maximum absolute atomic E-state index is 10.1. The molecule has 0 amide bonds. The monoisotopic (exact) mass is 274 g/mol. The molecule has 3 heterocycles. The lowest BCUT2D eigenvalue weighted by atomic mass is 9.69. The lowest BCUT2D eigenvalue weighted by Crippen LogP contribution is -2.37. The molecule has 2 aliphatic rings. The molecular formula is C15H18N2OS. The number of aromatic nitrogens is 2. The van der Waals surface area contributed by atoms with Crippen LogP contribution in [0, 0.1) is 5.41 Å². The van der Waals surface area contributed by atoms with Crippen molar-refractivity contribution in [3.8, 4) is 11.3 Å². The van der Waals surface area contributed by atoms with E-state index in [-0.39, 0.29) is 12.0 Å². The summed E-state index contributed by atoms with van der Waals surface area (Å²) in [6.07, 6.45) is 9.94. The van der Waals surface area contributed by atoms with Gasteiger partial charge in [-0.25, -0.2) is 4.98 Å². The molecule has 1 saturated carbocycles. The number of hydrogen-bond acceptors (Lipinski definition) is 3. The van der Waals surface area contributed by atoms with Crippen molar-refractivity contribution in [2.24, 2.45) is 5.41 Å². The molecule has 1 aliphatic heterocycles. The second-order valence-electron chi connectivity index (χ2n) is 5.87. The predicted molar refractivity (Wildman–Crippen MR) is 76.3 cm³/mol. The molecule has 100 valence electrons. The van der Waals surface area contributed by atoms with Gasteiger partial charge >= 0.3 is 0 Å². The SMILES string of the molecule is OCC1([C@H]2c3sccc3-c3cncn32)CCCCC1. The average molecular weight is 274 g/mol. The molecule has 4 rings (SSSR count). The fourth-order valence-corrected chi connectivity index (χ4v) is 5.08. The summed E-state index contributed by atoms with van der Waals surface area (Å²) < 4.78 is 2.29. The third kappa shape index (κ3) is 1.50. The molecule has 0 spiro atoms. The van der Waals surface area contributed by atoms with Gasteiger partial charge < -0.3 is 9.67 Å². The summed E-state index contributed by atoms with van der Waals surface area (Å²) in [7, 11) is 0. The van der Waals surface area contributed by atoms with Crippen LogP contribution in [-0.4, -0.2) is 21.3 Å². The summed E-state index contributed by atoms with van der Waals surface area (Å²) in [6.45, 7) is 0.284. The topological polar surface area (TPSA) is 38.1 Å². The van der Waals surface area contributed by atoms with Crippen molar-refractivity contribution in [2.45, 2.75) is 38.1 Å². The minimum absolute atomic E-state index is 0.0177. The van der Waals surface area contributed by atoms with Gasteiger partial charge in [-0.15, -0.1) is 11.3 Å². The number of fused-ring (bicyclic) bond motifs is 3. The Morgan fingerprint density at radius 1 is 1.37 bits per heavy atom. The van der Waals surface area contributed by atoms with Crippen LogP contribution in [0.5, 0.6) is 0 Å². The van der Waals surface area contributed by atoms with Crippen LogP contribution < -0.4 is 0 Å². The van der Waals surface area contributed by atoms with Crippen LogP contribution in [0.3, 0.4) is 0 Å². The van der Waals surface area contributed by atoms with Gasteiger partial charge in [-0.3, -0.25) is 0 Å². The summed E-state index contributed by atoms with van der Waals surface area (Å²) in [6, 6.07) is 2.49. The standard InChI is InChI=1S/C15H18N2OS/c18-9-15(5-2-1-3-6-15)14-13-11(4-7-19-13)12-8-16-10-17(12)14/h4,7-8,10,14,18H,1-3,5-6,9H2/t14-/m1/s1. The van der Waals surface area contributed by atoms with E-state index in [1.54, 1.807) is 0 Å². The third-order valence-corrected chi connectivity index (χ3v) is 5.88. The largest absolute Gasteiger partial charge is 0.396 e. The Balaban J connectivity index is 1.87. The molecule has 0 radical (unpaired) electrons. The first-order valence-electron chi connectivity index (χ1n) is 7.06. The van der Waals surface area contributed by atoms with Gasteiger partial charge in [0, 0.05) is 15.9 Å². The van der Waals surface area contributed by atoms with Gasteiger partial charge in [0.05, 0.1) is 30.9 Å². The first kappa shape index (κ1) is 11.7. The van der Waals surface area contributed by atoms with Crippen molar-refractivity contribution in [2.75, 3.05) is 6.61 Å². The van der Waals surface area contributed by atoms with E-state index in [1.807, 2.05) is 23.9 Å². The van der Waals surface area contributed by atoms with Crippen LogP contribution in [0.1, 0.15) is 43.0 Å². The van der Waals surface area contributed by atoms with Crippen molar-refractivity contribution in [1.29, 1.82) is 0 Å². The lowest BCUT2D eigenvalue weighted by molar-refractivity contribution is 0.0474. The Bertz CT molecular complexity index is 555. The molecule has 1 atom stereocenters. The summed E-state index contributed by atoms with van der Waals surface area (Å²) in [5.41, 5.74) is 2.56. The fraction of sp³-hybridized carbons (Fsp3) is 0.533. The molecule has 1 aliphatic carbocycles. The molecule has 19 heavy (non-hydrogen) atoms. The van der Waals surface area contributed by atoms with E-state index in [1.165, 1.54) is 35.4 Å². The van der Waals surface area contributed by atoms with Crippen molar-refractivity contribution < 1.29 is 5.11 Å². The Hall–Kier alpha value is -1.13. The van der Waals surface area contributed by atoms with Gasteiger partial charge in [-0.2, -0.15) is 0 Å². The van der Waals surface area contributed by atoms with Crippen molar-refractivity contribution in [3.05, 3.63) is 28.8 Å². The fourth-order valence-electron chi connectivity index (χ4n) is 3.94. The van der Waals surface area contributed by atoms with E-state index < -0.39 is 0 Å². The Morgan fingerprint density at radius 2 is 2.21 bits per heavy atom. The van der Waals surface area contributed by atoms with Crippen molar-refractivity contribution >= 4 is 11.3 Å². The molecule has 0 saturated heterocycles. The van der Waals surface area contributed by atoms with E-state index in [4.69, 9.17) is 0 Å². The van der Waals surface area contributed by atoms with Crippen LogP contribution >= 0.6 is 11.3 Å². The van der Waals surface area contributed by atoms with Crippen LogP contribution in [0.15, 0.2) is 24.0 Å². The molecule has 2 aromatic rings. The Morgan fingerprint density at radius 3 is 3.00 bits per heavy atom. The second kappa shape index (κ2) is 4.18. The Kier molecular flexibility index (Phi) is 2.57. The number of thiophene rings is 1. The van der Waals surface area contributed by atoms with E-state index in [0.717, 1.165) is 12.8 Å². The van der Waals surface area contributed by atoms with Gasteiger partial charge in [0.25, 0.3) is 0 Å². The maximum atomic E-state index is 10.1. The molecule has 0 aromatic carbocycles. The number of nitrogens with zero attached hydrogens (tertiary/aromatic N) is 2. The van der Waals surface area contributed by atoms with E-state index in [0.29, 0.717) is 6.04 Å². The summed E-state index contributed by atoms with van der Waals surface area (Å²) in [5.74, 6) is 0. The minimum Gasteiger partial charge on any atom is -0.396 e. The quantitative estimate of drug-likeness (QED) is 0.910. The number of aliphatic hydroxyl groups is 1. The zero-order valence-corrected chi connectivity index (χ0v) is 11.7. The molecule has 2 aromatic heterocycles. The first-order valence-corrected chi connectivity index (χ1v) is 7.94. The van der Waals surface area contributed by atoms with Crippen LogP contribution in [0.2, 0.25) is 0 Å². The summed E-state index contributed by atoms with van der Waals surface area (Å²) in [4.78, 5) is 5.74. The number of hydrogen-bond donors (Lipinski definition) is 1. The number of aliphatic hydroxyl groups excluding tert-OH is 1. The normalized spacial score (nSPS) is 24.2. The van der Waals surface area contributed by atoms with Crippen molar-refractivity contribution in [3.63, 3.8) is 0 Å². The summed E-state index contributed by atoms with van der Waals surface area (Å²) in [5, 5.41) is 12.3. The smallest absolute Gasteiger partial charge is 0.0957 e. The minimum atomic E-state index is 0.0177. The first-order chi connectivity index (χ1) is 9.36. The predicted octanol–water partition coefficient (Wildman–Crippen LogP) is 3.46. The molecule has 3 nitrogen and oxygen atoms in total. The lowest BCUT2D eigenvalue weighted by Gasteiger charge is -2.41. The highest BCUT2D eigenvalue weighted by atomic mass is 32.1. The van der Waals surface area contributed by atoms with Crippen LogP contribution in [-0.2, 0) is 0 Å². The highest BCUT2D eigenvalue weighted by Gasteiger charge is 2.46. The average Bonchev–Trinajstić information content (AvgIpc) is 3.11. The highest BCUT2D eigenvalue weighted by molar-refractivity contribution is 7.10. The van der Waals surface area contributed by atoms with Gasteiger partial charge in [-0.1, -0.05) is 19.3 Å². The molecule has 0 unspecified atom stereocenters. The molecular weight excluding hydrogens is 256 g/mol. The summed E-state index contributed by atoms with van der Waals surface area (Å²) >= 11 is 1.83. The van der Waals surface area contributed by atoms with Gasteiger partial charge in [-0.05, 0) is 24.3 Å². The number of rotatable bonds is 2. The Labute approximate surface area is 116 Å². The molecule has 4 heteroatoms. The third-order valence-electron chi connectivity index (χ3n) is 4.91. The highest BCUT2D eigenvalue weighted by Crippen LogP contribution is 2.55. The van der Waals surface area contributed by atoms with E-state index in [9.17, 15) is 5.11 Å². The number of imidazole rings is 1. The molecule has 0 bridgehead atoms. The molecule has 1 fully saturated rings. The van der Waals surface area contributed by atoms with Crippen LogP contribution in [0.25, 0.3) is 11.3 Å². The van der Waals surface area contributed by atoms with Gasteiger partial charge in [0.15, 0.2) is 0 Å². The maximum Gasteiger partial charge on any atom is 0.0957 e. The van der Waals surface area contributed by atoms with E-state index >= 15 is 0 Å². The zero-order valence-electron chi connectivity index (χ0n) is 10.9. The zero-order chi connectivity index (χ0) is 12.9. The second-order valence-corrected chi connectivity index (χ2v) is 6.82. The van der Waals surface area contributed by atoms with Crippen LogP contribution in [0.4, 0.5) is 0 Å². The van der Waals surface area contributed by atoms with Gasteiger partial charge in [0.2, 0.25) is 0 Å². The van der Waals surface area contributed by atoms with Crippen molar-refractivity contribution in [1.82, 2.24) is 9.55 Å². The van der Waals surface area contributed by atoms with Gasteiger partial charge in [0.1, 0.15) is 0 Å². The molecule has 1 N–H and O–H groups in total. The van der Waals surface area contributed by atoms with E-state index in [2.05, 4.69) is 21.0 Å².